The van der Waals surface area contributed by atoms with Crippen LogP contribution in [0.25, 0.3) is 6.08 Å². The van der Waals surface area contributed by atoms with Crippen molar-refractivity contribution in [3.63, 3.8) is 0 Å². The number of benzene rings is 2. The summed E-state index contributed by atoms with van der Waals surface area (Å²) in [4.78, 5) is 35.3. The number of hydrogen-bond donors (Lipinski definition) is 2. The Labute approximate surface area is 167 Å². The van der Waals surface area contributed by atoms with Gasteiger partial charge in [0.2, 0.25) is 5.91 Å². The van der Waals surface area contributed by atoms with E-state index in [1.165, 1.54) is 6.08 Å². The second kappa shape index (κ2) is 9.93. The third-order valence-corrected chi connectivity index (χ3v) is 3.82. The van der Waals surface area contributed by atoms with Crippen molar-refractivity contribution in [2.75, 3.05) is 31.7 Å². The third-order valence-electron chi connectivity index (χ3n) is 3.82. The summed E-state index contributed by atoms with van der Waals surface area (Å²) in [6.45, 7) is 0.111. The van der Waals surface area contributed by atoms with Crippen LogP contribution in [0.1, 0.15) is 5.56 Å². The van der Waals surface area contributed by atoms with Gasteiger partial charge in [-0.15, -0.1) is 0 Å². The van der Waals surface area contributed by atoms with Crippen LogP contribution in [-0.4, -0.2) is 44.1 Å². The molecule has 2 N–H and O–H groups in total. The highest BCUT2D eigenvalue weighted by molar-refractivity contribution is 5.95. The molecule has 0 saturated heterocycles. The van der Waals surface area contributed by atoms with Gasteiger partial charge in [-0.1, -0.05) is 30.3 Å². The van der Waals surface area contributed by atoms with Crippen LogP contribution >= 0.6 is 0 Å². The minimum atomic E-state index is -0.719. The van der Waals surface area contributed by atoms with Gasteiger partial charge in [0, 0.05) is 17.8 Å². The Balaban J connectivity index is 1.37. The van der Waals surface area contributed by atoms with Gasteiger partial charge < -0.3 is 24.8 Å². The predicted octanol–water partition coefficient (Wildman–Crippen LogP) is 1.77. The maximum atomic E-state index is 11.9. The molecule has 0 fully saturated rings. The zero-order valence-corrected chi connectivity index (χ0v) is 15.6. The molecule has 0 aliphatic carbocycles. The zero-order valence-electron chi connectivity index (χ0n) is 15.6. The van der Waals surface area contributed by atoms with Crippen LogP contribution < -0.4 is 20.1 Å². The molecule has 1 aliphatic heterocycles. The smallest absolute Gasteiger partial charge is 0.325 e. The zero-order chi connectivity index (χ0) is 20.5. The minimum Gasteiger partial charge on any atom is -0.486 e. The average Bonchev–Trinajstić information content (AvgIpc) is 2.75. The molecule has 8 heteroatoms. The lowest BCUT2D eigenvalue weighted by molar-refractivity contribution is -0.146. The lowest BCUT2D eigenvalue weighted by Crippen LogP contribution is -2.31. The van der Waals surface area contributed by atoms with Gasteiger partial charge in [-0.2, -0.15) is 0 Å². The molecule has 2 amide bonds. The molecule has 0 atom stereocenters. The Morgan fingerprint density at radius 2 is 1.76 bits per heavy atom. The second-order valence-corrected chi connectivity index (χ2v) is 6.03. The Kier molecular flexibility index (Phi) is 6.83. The van der Waals surface area contributed by atoms with E-state index in [1.807, 2.05) is 30.3 Å². The summed E-state index contributed by atoms with van der Waals surface area (Å²) in [5.41, 5.74) is 1.36. The van der Waals surface area contributed by atoms with Gasteiger partial charge in [-0.05, 0) is 23.8 Å². The molecule has 3 rings (SSSR count). The number of hydrogen-bond acceptors (Lipinski definition) is 6. The summed E-state index contributed by atoms with van der Waals surface area (Å²) in [5, 5.41) is 5.00. The monoisotopic (exact) mass is 396 g/mol. The molecule has 0 saturated carbocycles. The number of ether oxygens (including phenoxy) is 3. The first-order valence-corrected chi connectivity index (χ1v) is 8.96. The van der Waals surface area contributed by atoms with E-state index in [4.69, 9.17) is 14.2 Å². The van der Waals surface area contributed by atoms with Crippen LogP contribution in [0.4, 0.5) is 5.69 Å². The van der Waals surface area contributed by atoms with Gasteiger partial charge in [0.05, 0.1) is 0 Å². The van der Waals surface area contributed by atoms with Crippen LogP contribution in [0.2, 0.25) is 0 Å². The van der Waals surface area contributed by atoms with Gasteiger partial charge in [-0.3, -0.25) is 14.4 Å². The summed E-state index contributed by atoms with van der Waals surface area (Å²) < 4.78 is 15.7. The van der Waals surface area contributed by atoms with Crippen molar-refractivity contribution in [2.45, 2.75) is 0 Å². The predicted molar refractivity (Wildman–Crippen MR) is 106 cm³/mol. The van der Waals surface area contributed by atoms with Crippen molar-refractivity contribution in [1.29, 1.82) is 0 Å². The molecule has 8 nitrogen and oxygen atoms in total. The van der Waals surface area contributed by atoms with E-state index in [-0.39, 0.29) is 6.54 Å². The average molecular weight is 396 g/mol. The largest absolute Gasteiger partial charge is 0.486 e. The SMILES string of the molecule is O=C(/C=C/c1ccccc1)NCC(=O)OCC(=O)Nc1ccc2c(c1)OCCO2. The van der Waals surface area contributed by atoms with Crippen molar-refractivity contribution in [3.05, 3.63) is 60.2 Å². The first-order chi connectivity index (χ1) is 14.1. The number of carbonyl (C=O) groups excluding carboxylic acids is 3. The summed E-state index contributed by atoms with van der Waals surface area (Å²) in [7, 11) is 0. The van der Waals surface area contributed by atoms with Gasteiger partial charge in [0.15, 0.2) is 18.1 Å². The second-order valence-electron chi connectivity index (χ2n) is 6.03. The van der Waals surface area contributed by atoms with Crippen molar-refractivity contribution in [2.24, 2.45) is 0 Å². The molecule has 2 aromatic rings. The minimum absolute atomic E-state index is 0.338. The van der Waals surface area contributed by atoms with E-state index in [2.05, 4.69) is 10.6 Å². The highest BCUT2D eigenvalue weighted by Gasteiger charge is 2.13. The summed E-state index contributed by atoms with van der Waals surface area (Å²) in [6.07, 6.45) is 2.94. The van der Waals surface area contributed by atoms with Crippen LogP contribution in [0.15, 0.2) is 54.6 Å². The molecule has 1 heterocycles. The molecule has 0 spiro atoms. The first kappa shape index (κ1) is 19.9. The van der Waals surface area contributed by atoms with Crippen molar-refractivity contribution in [1.82, 2.24) is 5.32 Å². The maximum Gasteiger partial charge on any atom is 0.325 e. The highest BCUT2D eigenvalue weighted by atomic mass is 16.6. The number of esters is 1. The fourth-order valence-corrected chi connectivity index (χ4v) is 2.47. The standard InChI is InChI=1S/C21H20N2O6/c24-19(9-6-15-4-2-1-3-5-15)22-13-21(26)29-14-20(25)23-16-7-8-17-18(12-16)28-11-10-27-17/h1-9,12H,10-11,13-14H2,(H,22,24)(H,23,25)/b9-6+. The summed E-state index contributed by atoms with van der Waals surface area (Å²) in [6, 6.07) is 14.2. The fraction of sp³-hybridized carbons (Fsp3) is 0.190. The van der Waals surface area contributed by atoms with Crippen molar-refractivity contribution >= 4 is 29.5 Å². The van der Waals surface area contributed by atoms with E-state index in [1.54, 1.807) is 24.3 Å². The molecule has 0 unspecified atom stereocenters. The third kappa shape index (κ3) is 6.39. The normalized spacial score (nSPS) is 12.3. The van der Waals surface area contributed by atoms with Crippen molar-refractivity contribution < 1.29 is 28.6 Å². The Hall–Kier alpha value is -3.81. The van der Waals surface area contributed by atoms with E-state index in [9.17, 15) is 14.4 Å². The van der Waals surface area contributed by atoms with Gasteiger partial charge in [-0.25, -0.2) is 0 Å². The molecular weight excluding hydrogens is 376 g/mol. The molecule has 0 radical (unpaired) electrons. The van der Waals surface area contributed by atoms with Gasteiger partial charge >= 0.3 is 5.97 Å². The number of carbonyl (C=O) groups is 3. The van der Waals surface area contributed by atoms with Crippen LogP contribution in [0, 0.1) is 0 Å². The molecule has 0 bridgehead atoms. The lowest BCUT2D eigenvalue weighted by atomic mass is 10.2. The van der Waals surface area contributed by atoms with E-state index < -0.39 is 24.4 Å². The number of nitrogens with one attached hydrogen (secondary N) is 2. The Morgan fingerprint density at radius 1 is 1.00 bits per heavy atom. The summed E-state index contributed by atoms with van der Waals surface area (Å²) in [5.74, 6) is -0.518. The number of anilines is 1. The van der Waals surface area contributed by atoms with Crippen LogP contribution in [0.3, 0.4) is 0 Å². The summed E-state index contributed by atoms with van der Waals surface area (Å²) >= 11 is 0. The van der Waals surface area contributed by atoms with Gasteiger partial charge in [0.25, 0.3) is 5.91 Å². The van der Waals surface area contributed by atoms with E-state index >= 15 is 0 Å². The molecule has 29 heavy (non-hydrogen) atoms. The quantitative estimate of drug-likeness (QED) is 0.546. The molecule has 150 valence electrons. The highest BCUT2D eigenvalue weighted by Crippen LogP contribution is 2.32. The van der Waals surface area contributed by atoms with Gasteiger partial charge in [0.1, 0.15) is 19.8 Å². The van der Waals surface area contributed by atoms with E-state index in [0.29, 0.717) is 30.4 Å². The van der Waals surface area contributed by atoms with Crippen LogP contribution in [0.5, 0.6) is 11.5 Å². The number of fused-ring (bicyclic) bond motifs is 1. The molecule has 1 aliphatic rings. The number of amides is 2. The fourth-order valence-electron chi connectivity index (χ4n) is 2.47. The molecule has 2 aromatic carbocycles. The van der Waals surface area contributed by atoms with E-state index in [0.717, 1.165) is 5.56 Å². The molecule has 0 aromatic heterocycles. The Bertz CT molecular complexity index is 911. The topological polar surface area (TPSA) is 103 Å². The van der Waals surface area contributed by atoms with Crippen molar-refractivity contribution in [3.8, 4) is 11.5 Å². The Morgan fingerprint density at radius 3 is 2.55 bits per heavy atom. The maximum absolute atomic E-state index is 11.9. The molecular formula is C21H20N2O6. The lowest BCUT2D eigenvalue weighted by Gasteiger charge is -2.19. The van der Waals surface area contributed by atoms with Crippen LogP contribution in [-0.2, 0) is 19.1 Å². The first-order valence-electron chi connectivity index (χ1n) is 8.96. The number of rotatable bonds is 7.